The van der Waals surface area contributed by atoms with Crippen LogP contribution in [0, 0.1) is 5.82 Å². The first-order valence-electron chi connectivity index (χ1n) is 7.33. The van der Waals surface area contributed by atoms with Crippen molar-refractivity contribution in [3.63, 3.8) is 0 Å². The largest absolute Gasteiger partial charge is 0.328 e. The molecule has 0 radical (unpaired) electrons. The average Bonchev–Trinajstić information content (AvgIpc) is 2.90. The molecule has 0 aliphatic heterocycles. The number of nitrogens with zero attached hydrogens (tertiary/aromatic N) is 2. The number of hydrogen-bond acceptors (Lipinski definition) is 2. The van der Waals surface area contributed by atoms with E-state index >= 15 is 0 Å². The van der Waals surface area contributed by atoms with Crippen LogP contribution in [0.4, 0.5) is 8.78 Å². The van der Waals surface area contributed by atoms with Crippen LogP contribution in [0.3, 0.4) is 0 Å². The quantitative estimate of drug-likeness (QED) is 0.778. The fourth-order valence-corrected chi connectivity index (χ4v) is 2.73. The van der Waals surface area contributed by atoms with Crippen molar-refractivity contribution in [3.05, 3.63) is 83.0 Å². The minimum Gasteiger partial charge on any atom is -0.328 e. The Hall–Kier alpha value is -2.24. The molecule has 0 aliphatic carbocycles. The first-order valence-corrected chi connectivity index (χ1v) is 7.71. The highest BCUT2D eigenvalue weighted by Crippen LogP contribution is 2.29. The fourth-order valence-electron chi connectivity index (χ4n) is 2.42. The Morgan fingerprint density at radius 1 is 1.46 bits per heavy atom. The van der Waals surface area contributed by atoms with Gasteiger partial charge in [0.2, 0.25) is 0 Å². The van der Waals surface area contributed by atoms with Gasteiger partial charge in [0.25, 0.3) is 0 Å². The molecule has 0 saturated heterocycles. The predicted octanol–water partition coefficient (Wildman–Crippen LogP) is 4.54. The molecule has 1 aromatic heterocycles. The smallest absolute Gasteiger partial charge is 0.123 e. The lowest BCUT2D eigenvalue weighted by Crippen LogP contribution is -2.10. The normalized spacial score (nSPS) is 12.5. The summed E-state index contributed by atoms with van der Waals surface area (Å²) in [6, 6.07) is 6.31. The number of imidazole rings is 1. The van der Waals surface area contributed by atoms with Crippen LogP contribution in [0.1, 0.15) is 23.9 Å². The molecule has 0 atom stereocenters. The molecule has 1 heterocycles. The van der Waals surface area contributed by atoms with E-state index in [1.807, 2.05) is 10.6 Å². The van der Waals surface area contributed by atoms with Gasteiger partial charge >= 0.3 is 0 Å². The van der Waals surface area contributed by atoms with Crippen molar-refractivity contribution >= 4 is 17.2 Å². The van der Waals surface area contributed by atoms with Crippen molar-refractivity contribution in [3.8, 4) is 0 Å². The second-order valence-corrected chi connectivity index (χ2v) is 5.55. The van der Waals surface area contributed by atoms with Crippen molar-refractivity contribution in [2.75, 3.05) is 0 Å². The maximum Gasteiger partial charge on any atom is 0.123 e. The first-order chi connectivity index (χ1) is 11.5. The van der Waals surface area contributed by atoms with Crippen LogP contribution in [0.15, 0.2) is 60.2 Å². The van der Waals surface area contributed by atoms with Gasteiger partial charge in [0, 0.05) is 18.7 Å². The lowest BCUT2D eigenvalue weighted by molar-refractivity contribution is 0.622. The minimum atomic E-state index is -0.646. The van der Waals surface area contributed by atoms with E-state index in [0.717, 1.165) is 17.3 Å². The number of hydrogen-bond donors (Lipinski definition) is 1. The highest BCUT2D eigenvalue weighted by Gasteiger charge is 2.16. The predicted molar refractivity (Wildman–Crippen MR) is 93.5 cm³/mol. The molecule has 1 aromatic carbocycles. The number of rotatable bonds is 6. The standard InChI is InChI=1S/C18H18ClF2N3/c1-3-15(16(19)7-12(2)20)18-17(9-22)24(11-23-18)10-13-5-4-6-14(21)8-13/h3-8,11H,2,9-10,22H2,1H3/b15-3+,16-7+. The maximum atomic E-state index is 13.3. The summed E-state index contributed by atoms with van der Waals surface area (Å²) >= 11 is 6.15. The average molecular weight is 350 g/mol. The van der Waals surface area contributed by atoms with Crippen LogP contribution in [-0.2, 0) is 13.1 Å². The van der Waals surface area contributed by atoms with Gasteiger partial charge < -0.3 is 10.3 Å². The maximum absolute atomic E-state index is 13.3. The summed E-state index contributed by atoms with van der Waals surface area (Å²) in [6.45, 7) is 5.59. The zero-order valence-corrected chi connectivity index (χ0v) is 14.0. The molecule has 2 aromatic rings. The third-order valence-electron chi connectivity index (χ3n) is 3.47. The minimum absolute atomic E-state index is 0.190. The Labute approximate surface area is 144 Å². The molecule has 6 heteroatoms. The molecule has 24 heavy (non-hydrogen) atoms. The zero-order valence-electron chi connectivity index (χ0n) is 13.3. The van der Waals surface area contributed by atoms with Crippen LogP contribution in [0.25, 0.3) is 5.57 Å². The lowest BCUT2D eigenvalue weighted by Gasteiger charge is -2.10. The highest BCUT2D eigenvalue weighted by atomic mass is 35.5. The Balaban J connectivity index is 2.40. The van der Waals surface area contributed by atoms with E-state index in [-0.39, 0.29) is 17.4 Å². The molecule has 0 saturated carbocycles. The van der Waals surface area contributed by atoms with Gasteiger partial charge in [-0.25, -0.2) is 13.8 Å². The van der Waals surface area contributed by atoms with Crippen LogP contribution in [0.5, 0.6) is 0 Å². The second kappa shape index (κ2) is 8.04. The van der Waals surface area contributed by atoms with Gasteiger partial charge in [0.1, 0.15) is 11.6 Å². The van der Waals surface area contributed by atoms with Crippen LogP contribution in [0.2, 0.25) is 0 Å². The van der Waals surface area contributed by atoms with Crippen LogP contribution >= 0.6 is 11.6 Å². The Bertz CT molecular complexity index is 806. The summed E-state index contributed by atoms with van der Waals surface area (Å²) in [7, 11) is 0. The molecule has 0 amide bonds. The van der Waals surface area contributed by atoms with Crippen molar-refractivity contribution in [1.82, 2.24) is 9.55 Å². The van der Waals surface area contributed by atoms with E-state index in [9.17, 15) is 8.78 Å². The number of allylic oxidation sites excluding steroid dienone is 5. The molecular weight excluding hydrogens is 332 g/mol. The summed E-state index contributed by atoms with van der Waals surface area (Å²) in [4.78, 5) is 4.35. The van der Waals surface area contributed by atoms with E-state index in [4.69, 9.17) is 17.3 Å². The SMILES string of the molecule is C=C(F)/C=C(Cl)\C(=C/C)c1ncn(Cc2cccc(F)c2)c1CN. The Morgan fingerprint density at radius 3 is 2.79 bits per heavy atom. The van der Waals surface area contributed by atoms with Gasteiger partial charge in [-0.1, -0.05) is 36.4 Å². The van der Waals surface area contributed by atoms with E-state index in [1.165, 1.54) is 12.1 Å². The summed E-state index contributed by atoms with van der Waals surface area (Å²) in [6.07, 6.45) is 4.47. The molecule has 0 unspecified atom stereocenters. The monoisotopic (exact) mass is 349 g/mol. The number of benzene rings is 1. The van der Waals surface area contributed by atoms with Gasteiger partial charge in [-0.2, -0.15) is 0 Å². The molecule has 0 fully saturated rings. The van der Waals surface area contributed by atoms with Crippen molar-refractivity contribution < 1.29 is 8.78 Å². The molecule has 2 N–H and O–H groups in total. The Morgan fingerprint density at radius 2 is 2.21 bits per heavy atom. The highest BCUT2D eigenvalue weighted by molar-refractivity contribution is 6.37. The molecule has 0 aliphatic rings. The number of nitrogens with two attached hydrogens (primary N) is 1. The van der Waals surface area contributed by atoms with Gasteiger partial charge in [0.15, 0.2) is 0 Å². The van der Waals surface area contributed by atoms with Gasteiger partial charge in [0.05, 0.1) is 22.7 Å². The molecule has 126 valence electrons. The molecule has 2 rings (SSSR count). The summed E-state index contributed by atoms with van der Waals surface area (Å²) in [5.41, 5.74) is 8.50. The topological polar surface area (TPSA) is 43.8 Å². The molecule has 0 spiro atoms. The molecule has 3 nitrogen and oxygen atoms in total. The van der Waals surface area contributed by atoms with Gasteiger partial charge in [-0.15, -0.1) is 0 Å². The van der Waals surface area contributed by atoms with Gasteiger partial charge in [-0.05, 0) is 30.7 Å². The fraction of sp³-hybridized carbons (Fsp3) is 0.167. The third kappa shape index (κ3) is 4.19. The van der Waals surface area contributed by atoms with E-state index in [1.54, 1.807) is 25.4 Å². The van der Waals surface area contributed by atoms with Crippen LogP contribution < -0.4 is 5.73 Å². The van der Waals surface area contributed by atoms with E-state index < -0.39 is 5.83 Å². The third-order valence-corrected chi connectivity index (χ3v) is 3.78. The summed E-state index contributed by atoms with van der Waals surface area (Å²) in [5.74, 6) is -0.948. The first kappa shape index (κ1) is 18.1. The zero-order chi connectivity index (χ0) is 17.7. The second-order valence-electron chi connectivity index (χ2n) is 5.14. The molecular formula is C18H18ClF2N3. The van der Waals surface area contributed by atoms with E-state index in [2.05, 4.69) is 11.6 Å². The summed E-state index contributed by atoms with van der Waals surface area (Å²) in [5, 5.41) is 0.190. The van der Waals surface area contributed by atoms with Crippen molar-refractivity contribution in [2.24, 2.45) is 5.73 Å². The number of halogens is 3. The van der Waals surface area contributed by atoms with Crippen LogP contribution in [-0.4, -0.2) is 9.55 Å². The van der Waals surface area contributed by atoms with Crippen molar-refractivity contribution in [2.45, 2.75) is 20.0 Å². The van der Waals surface area contributed by atoms with Crippen molar-refractivity contribution in [1.29, 1.82) is 0 Å². The lowest BCUT2D eigenvalue weighted by atomic mass is 10.1. The Kier molecular flexibility index (Phi) is 6.06. The summed E-state index contributed by atoms with van der Waals surface area (Å²) < 4.78 is 28.2. The van der Waals surface area contributed by atoms with E-state index in [0.29, 0.717) is 17.8 Å². The van der Waals surface area contributed by atoms with Gasteiger partial charge in [-0.3, -0.25) is 0 Å². The molecule has 0 bridgehead atoms. The number of aromatic nitrogens is 2.